The number of carboxylic acid groups (broad SMARTS) is 1. The van der Waals surface area contributed by atoms with Crippen LogP contribution in [0.15, 0.2) is 36.4 Å². The first-order valence-electron chi connectivity index (χ1n) is 10.1. The molecular formula is C23H31NO3S. The van der Waals surface area contributed by atoms with E-state index < -0.39 is 5.97 Å². The predicted molar refractivity (Wildman–Crippen MR) is 116 cm³/mol. The van der Waals surface area contributed by atoms with Gasteiger partial charge in [0.2, 0.25) is 5.91 Å². The van der Waals surface area contributed by atoms with Crippen molar-refractivity contribution in [2.75, 3.05) is 7.05 Å². The van der Waals surface area contributed by atoms with Gasteiger partial charge in [-0.2, -0.15) is 0 Å². The molecule has 1 aromatic heterocycles. The number of carbonyl (C=O) groups excluding carboxylic acids is 1. The highest BCUT2D eigenvalue weighted by Crippen LogP contribution is 2.29. The van der Waals surface area contributed by atoms with Gasteiger partial charge in [-0.05, 0) is 42.2 Å². The molecule has 0 aliphatic heterocycles. The van der Waals surface area contributed by atoms with Crippen LogP contribution in [0, 0.1) is 0 Å². The number of aliphatic carboxylic acids is 1. The average molecular weight is 402 g/mol. The van der Waals surface area contributed by atoms with Crippen LogP contribution in [0.2, 0.25) is 0 Å². The Hall–Kier alpha value is -2.14. The van der Waals surface area contributed by atoms with Gasteiger partial charge in [0.05, 0.1) is 6.42 Å². The molecule has 0 atom stereocenters. The molecule has 1 aromatic carbocycles. The van der Waals surface area contributed by atoms with Crippen molar-refractivity contribution in [3.63, 3.8) is 0 Å². The van der Waals surface area contributed by atoms with Crippen molar-refractivity contribution in [1.29, 1.82) is 0 Å². The van der Waals surface area contributed by atoms with Crippen molar-refractivity contribution in [3.05, 3.63) is 46.8 Å². The normalized spacial score (nSPS) is 10.8. The predicted octanol–water partition coefficient (Wildman–Crippen LogP) is 5.75. The Kier molecular flexibility index (Phi) is 9.21. The second-order valence-corrected chi connectivity index (χ2v) is 8.44. The van der Waals surface area contributed by atoms with Crippen molar-refractivity contribution in [3.8, 4) is 10.4 Å². The van der Waals surface area contributed by atoms with Gasteiger partial charge in [0.25, 0.3) is 0 Å². The van der Waals surface area contributed by atoms with Gasteiger partial charge in [-0.25, -0.2) is 0 Å². The Morgan fingerprint density at radius 1 is 1.04 bits per heavy atom. The molecule has 28 heavy (non-hydrogen) atoms. The lowest BCUT2D eigenvalue weighted by Gasteiger charge is -2.17. The summed E-state index contributed by atoms with van der Waals surface area (Å²) < 4.78 is 0. The fraction of sp³-hybridized carbons (Fsp3) is 0.478. The second kappa shape index (κ2) is 11.6. The van der Waals surface area contributed by atoms with Crippen LogP contribution < -0.4 is 0 Å². The van der Waals surface area contributed by atoms with Crippen molar-refractivity contribution in [2.45, 2.75) is 64.8 Å². The zero-order valence-electron chi connectivity index (χ0n) is 16.9. The summed E-state index contributed by atoms with van der Waals surface area (Å²) in [6.07, 6.45) is 7.12. The van der Waals surface area contributed by atoms with Crippen molar-refractivity contribution >= 4 is 23.2 Å². The average Bonchev–Trinajstić information content (AvgIpc) is 3.15. The third-order valence-corrected chi connectivity index (χ3v) is 5.99. The number of carboxylic acids is 1. The first kappa shape index (κ1) is 22.2. The Balaban J connectivity index is 1.90. The first-order chi connectivity index (χ1) is 13.5. The van der Waals surface area contributed by atoms with Crippen LogP contribution >= 0.6 is 11.3 Å². The van der Waals surface area contributed by atoms with Gasteiger partial charge in [-0.1, -0.05) is 50.8 Å². The van der Waals surface area contributed by atoms with E-state index in [9.17, 15) is 9.59 Å². The summed E-state index contributed by atoms with van der Waals surface area (Å²) in [6, 6.07) is 12.3. The van der Waals surface area contributed by atoms with E-state index in [-0.39, 0.29) is 12.3 Å². The van der Waals surface area contributed by atoms with E-state index in [1.807, 2.05) is 36.2 Å². The lowest BCUT2D eigenvalue weighted by atomic mass is 10.1. The van der Waals surface area contributed by atoms with Gasteiger partial charge in [-0.3, -0.25) is 9.59 Å². The molecule has 1 amide bonds. The maximum absolute atomic E-state index is 12.3. The molecule has 0 fully saturated rings. The van der Waals surface area contributed by atoms with Crippen molar-refractivity contribution in [2.24, 2.45) is 0 Å². The molecule has 2 rings (SSSR count). The second-order valence-electron chi connectivity index (χ2n) is 7.27. The molecule has 0 radical (unpaired) electrons. The SMILES string of the molecule is CCCCCCCC(=O)N(C)Cc1cccc(-c2ccc(CCC(=O)O)s2)c1. The Labute approximate surface area is 172 Å². The minimum absolute atomic E-state index is 0.158. The molecule has 1 heterocycles. The van der Waals surface area contributed by atoms with E-state index in [1.165, 1.54) is 19.3 Å². The Morgan fingerprint density at radius 3 is 2.57 bits per heavy atom. The van der Waals surface area contributed by atoms with Crippen molar-refractivity contribution in [1.82, 2.24) is 4.90 Å². The molecule has 4 nitrogen and oxygen atoms in total. The molecule has 0 saturated heterocycles. The highest BCUT2D eigenvalue weighted by atomic mass is 32.1. The molecule has 0 bridgehead atoms. The summed E-state index contributed by atoms with van der Waals surface area (Å²) in [5, 5.41) is 8.83. The van der Waals surface area contributed by atoms with Gasteiger partial charge in [0.15, 0.2) is 0 Å². The topological polar surface area (TPSA) is 57.6 Å². The van der Waals surface area contributed by atoms with E-state index >= 15 is 0 Å². The Bertz CT molecular complexity index is 769. The van der Waals surface area contributed by atoms with E-state index in [0.717, 1.165) is 33.7 Å². The molecule has 5 heteroatoms. The fourth-order valence-electron chi connectivity index (χ4n) is 3.15. The molecule has 0 unspecified atom stereocenters. The number of benzene rings is 1. The van der Waals surface area contributed by atoms with Crippen LogP contribution in [0.25, 0.3) is 10.4 Å². The van der Waals surface area contributed by atoms with Crippen LogP contribution in [-0.4, -0.2) is 28.9 Å². The number of amides is 1. The number of carbonyl (C=O) groups is 2. The lowest BCUT2D eigenvalue weighted by Crippen LogP contribution is -2.25. The van der Waals surface area contributed by atoms with Crippen LogP contribution in [0.4, 0.5) is 0 Å². The van der Waals surface area contributed by atoms with E-state index in [4.69, 9.17) is 5.11 Å². The number of unbranched alkanes of at least 4 members (excludes halogenated alkanes) is 4. The van der Waals surface area contributed by atoms with E-state index in [1.54, 1.807) is 11.3 Å². The van der Waals surface area contributed by atoms with Gasteiger partial charge in [0.1, 0.15) is 0 Å². The summed E-state index contributed by atoms with van der Waals surface area (Å²) in [4.78, 5) is 27.1. The van der Waals surface area contributed by atoms with Gasteiger partial charge >= 0.3 is 5.97 Å². The summed E-state index contributed by atoms with van der Waals surface area (Å²) in [7, 11) is 1.87. The van der Waals surface area contributed by atoms with Gasteiger partial charge in [-0.15, -0.1) is 11.3 Å². The van der Waals surface area contributed by atoms with Crippen LogP contribution in [-0.2, 0) is 22.6 Å². The van der Waals surface area contributed by atoms with Crippen molar-refractivity contribution < 1.29 is 14.7 Å². The van der Waals surface area contributed by atoms with E-state index in [2.05, 4.69) is 19.1 Å². The fourth-order valence-corrected chi connectivity index (χ4v) is 4.16. The van der Waals surface area contributed by atoms with Gasteiger partial charge < -0.3 is 10.0 Å². The number of aryl methyl sites for hydroxylation is 1. The summed E-state index contributed by atoms with van der Waals surface area (Å²) in [5.74, 6) is -0.566. The minimum atomic E-state index is -0.769. The number of hydrogen-bond acceptors (Lipinski definition) is 3. The molecule has 0 aliphatic rings. The van der Waals surface area contributed by atoms with E-state index in [0.29, 0.717) is 19.4 Å². The quantitative estimate of drug-likeness (QED) is 0.461. The molecular weight excluding hydrogens is 370 g/mol. The molecule has 0 saturated carbocycles. The molecule has 0 spiro atoms. The van der Waals surface area contributed by atoms with Crippen LogP contribution in [0.1, 0.15) is 62.3 Å². The Morgan fingerprint density at radius 2 is 1.82 bits per heavy atom. The number of rotatable bonds is 12. The molecule has 0 aliphatic carbocycles. The molecule has 1 N–H and O–H groups in total. The van der Waals surface area contributed by atoms with Crippen LogP contribution in [0.3, 0.4) is 0 Å². The maximum atomic E-state index is 12.3. The van der Waals surface area contributed by atoms with Crippen LogP contribution in [0.5, 0.6) is 0 Å². The summed E-state index contributed by atoms with van der Waals surface area (Å²) >= 11 is 1.64. The maximum Gasteiger partial charge on any atom is 0.303 e. The molecule has 2 aromatic rings. The largest absolute Gasteiger partial charge is 0.481 e. The van der Waals surface area contributed by atoms with Gasteiger partial charge in [0, 0.05) is 29.8 Å². The highest BCUT2D eigenvalue weighted by molar-refractivity contribution is 7.15. The standard InChI is InChI=1S/C23H31NO3S/c1-3-4-5-6-7-11-22(25)24(2)17-18-9-8-10-19(16-18)21-14-12-20(28-21)13-15-23(26)27/h8-10,12,14,16H,3-7,11,13,15,17H2,1-2H3,(H,26,27). The number of thiophene rings is 1. The highest BCUT2D eigenvalue weighted by Gasteiger charge is 2.10. The zero-order valence-corrected chi connectivity index (χ0v) is 17.8. The third-order valence-electron chi connectivity index (χ3n) is 4.80. The monoisotopic (exact) mass is 401 g/mol. The summed E-state index contributed by atoms with van der Waals surface area (Å²) in [5.41, 5.74) is 2.23. The molecule has 152 valence electrons. The lowest BCUT2D eigenvalue weighted by molar-refractivity contribution is -0.137. The number of nitrogens with zero attached hydrogens (tertiary/aromatic N) is 1. The first-order valence-corrected chi connectivity index (χ1v) is 10.9. The summed E-state index contributed by atoms with van der Waals surface area (Å²) in [6.45, 7) is 2.80. The number of hydrogen-bond donors (Lipinski definition) is 1. The minimum Gasteiger partial charge on any atom is -0.481 e. The third kappa shape index (κ3) is 7.47. The zero-order chi connectivity index (χ0) is 20.4. The smallest absolute Gasteiger partial charge is 0.303 e.